The first-order valence-corrected chi connectivity index (χ1v) is 7.90. The van der Waals surface area contributed by atoms with E-state index in [9.17, 15) is 0 Å². The first-order chi connectivity index (χ1) is 9.74. The highest BCUT2D eigenvalue weighted by Gasteiger charge is 2.15. The molecule has 2 nitrogen and oxygen atoms in total. The maximum Gasteiger partial charge on any atom is 0.0461 e. The summed E-state index contributed by atoms with van der Waals surface area (Å²) in [5, 5.41) is 0. The van der Waals surface area contributed by atoms with Crippen molar-refractivity contribution in [1.82, 2.24) is 0 Å². The van der Waals surface area contributed by atoms with Crippen LogP contribution in [0.5, 0.6) is 0 Å². The fourth-order valence-corrected chi connectivity index (χ4v) is 3.09. The van der Waals surface area contributed by atoms with Gasteiger partial charge in [0.25, 0.3) is 0 Å². The van der Waals surface area contributed by atoms with E-state index >= 15 is 0 Å². The lowest BCUT2D eigenvalue weighted by atomic mass is 10.1. The molecule has 3 heteroatoms. The van der Waals surface area contributed by atoms with Gasteiger partial charge in [-0.3, -0.25) is 0 Å². The Hall–Kier alpha value is -1.48. The lowest BCUT2D eigenvalue weighted by Crippen LogP contribution is -2.23. The fraction of sp³-hybridized carbons (Fsp3) is 0.294. The number of hydrogen-bond acceptors (Lipinski definition) is 2. The van der Waals surface area contributed by atoms with Crippen LogP contribution in [-0.2, 0) is 13.0 Å². The minimum absolute atomic E-state index is 0.811. The highest BCUT2D eigenvalue weighted by Crippen LogP contribution is 2.28. The van der Waals surface area contributed by atoms with Gasteiger partial charge in [0, 0.05) is 28.9 Å². The van der Waals surface area contributed by atoms with Gasteiger partial charge in [0.1, 0.15) is 0 Å². The summed E-state index contributed by atoms with van der Waals surface area (Å²) in [6, 6.07) is 15.0. The molecule has 0 amide bonds. The quantitative estimate of drug-likeness (QED) is 0.828. The number of rotatable bonds is 2. The number of benzene rings is 2. The molecule has 0 saturated heterocycles. The van der Waals surface area contributed by atoms with Crippen molar-refractivity contribution in [1.29, 1.82) is 0 Å². The third-order valence-corrected chi connectivity index (χ3v) is 4.61. The highest BCUT2D eigenvalue weighted by atomic mass is 79.9. The van der Waals surface area contributed by atoms with Crippen LogP contribution in [0.4, 0.5) is 11.4 Å². The Morgan fingerprint density at radius 1 is 1.10 bits per heavy atom. The van der Waals surface area contributed by atoms with Gasteiger partial charge in [0.2, 0.25) is 0 Å². The molecular formula is C17H19BrN2. The molecule has 0 bridgehead atoms. The molecule has 0 fully saturated rings. The van der Waals surface area contributed by atoms with Crippen LogP contribution in [-0.4, -0.2) is 6.54 Å². The Balaban J connectivity index is 1.88. The molecule has 1 aliphatic heterocycles. The molecule has 2 aromatic carbocycles. The largest absolute Gasteiger partial charge is 0.398 e. The van der Waals surface area contributed by atoms with Gasteiger partial charge < -0.3 is 10.6 Å². The van der Waals surface area contributed by atoms with Crippen molar-refractivity contribution in [2.45, 2.75) is 25.8 Å². The summed E-state index contributed by atoms with van der Waals surface area (Å²) >= 11 is 3.45. The minimum Gasteiger partial charge on any atom is -0.398 e. The first kappa shape index (κ1) is 13.5. The molecule has 0 radical (unpaired) electrons. The SMILES string of the molecule is Nc1cc(CN2CCCCc3ccccc32)ccc1Br. The average Bonchev–Trinajstić information content (AvgIpc) is 2.66. The number of nitrogen functional groups attached to an aromatic ring is 1. The van der Waals surface area contributed by atoms with Gasteiger partial charge in [-0.2, -0.15) is 0 Å². The lowest BCUT2D eigenvalue weighted by molar-refractivity contribution is 0.714. The zero-order chi connectivity index (χ0) is 13.9. The summed E-state index contributed by atoms with van der Waals surface area (Å²) in [6.45, 7) is 2.04. The Morgan fingerprint density at radius 2 is 1.95 bits per heavy atom. The number of para-hydroxylation sites is 1. The van der Waals surface area contributed by atoms with Gasteiger partial charge in [-0.15, -0.1) is 0 Å². The van der Waals surface area contributed by atoms with Crippen LogP contribution in [0.2, 0.25) is 0 Å². The molecule has 2 aromatic rings. The van der Waals surface area contributed by atoms with Crippen LogP contribution in [0, 0.1) is 0 Å². The van der Waals surface area contributed by atoms with Crippen molar-refractivity contribution >= 4 is 27.3 Å². The second kappa shape index (κ2) is 5.88. The summed E-state index contributed by atoms with van der Waals surface area (Å²) in [7, 11) is 0. The van der Waals surface area contributed by atoms with Crippen LogP contribution in [0.25, 0.3) is 0 Å². The van der Waals surface area contributed by atoms with Crippen LogP contribution >= 0.6 is 15.9 Å². The Morgan fingerprint density at radius 3 is 2.80 bits per heavy atom. The summed E-state index contributed by atoms with van der Waals surface area (Å²) < 4.78 is 0.970. The van der Waals surface area contributed by atoms with E-state index in [2.05, 4.69) is 57.2 Å². The van der Waals surface area contributed by atoms with Crippen LogP contribution in [0.1, 0.15) is 24.0 Å². The molecule has 0 atom stereocenters. The second-order valence-electron chi connectivity index (χ2n) is 5.36. The maximum absolute atomic E-state index is 5.99. The number of hydrogen-bond donors (Lipinski definition) is 1. The molecule has 0 aliphatic carbocycles. The van der Waals surface area contributed by atoms with Crippen molar-refractivity contribution < 1.29 is 0 Å². The summed E-state index contributed by atoms with van der Waals surface area (Å²) in [4.78, 5) is 2.48. The van der Waals surface area contributed by atoms with Crippen LogP contribution in [0.15, 0.2) is 46.9 Å². The van der Waals surface area contributed by atoms with E-state index in [0.717, 1.165) is 23.2 Å². The van der Waals surface area contributed by atoms with Gasteiger partial charge in [-0.25, -0.2) is 0 Å². The number of anilines is 2. The summed E-state index contributed by atoms with van der Waals surface area (Å²) in [6.07, 6.45) is 3.71. The monoisotopic (exact) mass is 330 g/mol. The van der Waals surface area contributed by atoms with Crippen molar-refractivity contribution in [3.05, 3.63) is 58.1 Å². The van der Waals surface area contributed by atoms with E-state index in [1.165, 1.54) is 36.1 Å². The number of fused-ring (bicyclic) bond motifs is 1. The van der Waals surface area contributed by atoms with E-state index in [4.69, 9.17) is 5.73 Å². The molecular weight excluding hydrogens is 312 g/mol. The third kappa shape index (κ3) is 2.83. The van der Waals surface area contributed by atoms with E-state index in [1.807, 2.05) is 6.07 Å². The first-order valence-electron chi connectivity index (χ1n) is 7.11. The third-order valence-electron chi connectivity index (χ3n) is 3.89. The van der Waals surface area contributed by atoms with Crippen LogP contribution in [0.3, 0.4) is 0 Å². The van der Waals surface area contributed by atoms with Crippen molar-refractivity contribution in [2.24, 2.45) is 0 Å². The average molecular weight is 331 g/mol. The normalized spacial score (nSPS) is 14.8. The summed E-state index contributed by atoms with van der Waals surface area (Å²) in [5.41, 5.74) is 10.9. The molecule has 0 saturated carbocycles. The Labute approximate surface area is 128 Å². The van der Waals surface area contributed by atoms with E-state index in [-0.39, 0.29) is 0 Å². The van der Waals surface area contributed by atoms with Gasteiger partial charge in [0.05, 0.1) is 0 Å². The van der Waals surface area contributed by atoms with Crippen molar-refractivity contribution in [3.63, 3.8) is 0 Å². The molecule has 0 aromatic heterocycles. The Kier molecular flexibility index (Phi) is 3.97. The van der Waals surface area contributed by atoms with E-state index in [1.54, 1.807) is 0 Å². The topological polar surface area (TPSA) is 29.3 Å². The molecule has 1 heterocycles. The van der Waals surface area contributed by atoms with E-state index in [0.29, 0.717) is 0 Å². The smallest absolute Gasteiger partial charge is 0.0461 e. The highest BCUT2D eigenvalue weighted by molar-refractivity contribution is 9.10. The molecule has 0 unspecified atom stereocenters. The lowest BCUT2D eigenvalue weighted by Gasteiger charge is -2.25. The number of nitrogens with two attached hydrogens (primary N) is 1. The zero-order valence-electron chi connectivity index (χ0n) is 11.5. The van der Waals surface area contributed by atoms with Crippen molar-refractivity contribution in [3.8, 4) is 0 Å². The molecule has 0 spiro atoms. The standard InChI is InChI=1S/C17H19BrN2/c18-15-9-8-13(11-16(15)19)12-20-10-4-3-6-14-5-1-2-7-17(14)20/h1-2,5,7-9,11H,3-4,6,10,12,19H2. The maximum atomic E-state index is 5.99. The molecule has 2 N–H and O–H groups in total. The zero-order valence-corrected chi connectivity index (χ0v) is 13.1. The molecule has 20 heavy (non-hydrogen) atoms. The number of nitrogens with zero attached hydrogens (tertiary/aromatic N) is 1. The molecule has 104 valence electrons. The van der Waals surface area contributed by atoms with Gasteiger partial charge >= 0.3 is 0 Å². The predicted octanol–water partition coefficient (Wildman–Crippen LogP) is 4.37. The number of halogens is 1. The van der Waals surface area contributed by atoms with E-state index < -0.39 is 0 Å². The van der Waals surface area contributed by atoms with Gasteiger partial charge in [-0.05, 0) is 64.5 Å². The Bertz CT molecular complexity index is 610. The summed E-state index contributed by atoms with van der Waals surface area (Å²) in [5.74, 6) is 0. The fourth-order valence-electron chi connectivity index (χ4n) is 2.85. The minimum atomic E-state index is 0.811. The predicted molar refractivity (Wildman–Crippen MR) is 89.0 cm³/mol. The molecule has 1 aliphatic rings. The van der Waals surface area contributed by atoms with Crippen molar-refractivity contribution in [2.75, 3.05) is 17.2 Å². The van der Waals surface area contributed by atoms with Crippen LogP contribution < -0.4 is 10.6 Å². The van der Waals surface area contributed by atoms with Gasteiger partial charge in [-0.1, -0.05) is 24.3 Å². The van der Waals surface area contributed by atoms with Gasteiger partial charge in [0.15, 0.2) is 0 Å². The molecule has 3 rings (SSSR count). The second-order valence-corrected chi connectivity index (χ2v) is 6.22. The number of aryl methyl sites for hydroxylation is 1.